The Kier molecular flexibility index (Phi) is 4.77. The van der Waals surface area contributed by atoms with Gasteiger partial charge in [0, 0.05) is 0 Å². The highest BCUT2D eigenvalue weighted by molar-refractivity contribution is 7.13. The molecule has 0 saturated carbocycles. The summed E-state index contributed by atoms with van der Waals surface area (Å²) < 4.78 is 0. The summed E-state index contributed by atoms with van der Waals surface area (Å²) in [5.74, 6) is -0.0235. The first-order valence-corrected chi connectivity index (χ1v) is 6.38. The van der Waals surface area contributed by atoms with Crippen molar-refractivity contribution in [2.24, 2.45) is 5.92 Å². The van der Waals surface area contributed by atoms with Gasteiger partial charge in [0.1, 0.15) is 4.88 Å². The Hall–Kier alpha value is -0.580. The van der Waals surface area contributed by atoms with Crippen LogP contribution in [0.3, 0.4) is 0 Å². The van der Waals surface area contributed by atoms with E-state index < -0.39 is 0 Å². The first kappa shape index (κ1) is 13.5. The predicted molar refractivity (Wildman–Crippen MR) is 67.2 cm³/mol. The van der Waals surface area contributed by atoms with Crippen LogP contribution in [0.15, 0.2) is 5.38 Å². The van der Waals surface area contributed by atoms with Gasteiger partial charge in [-0.25, -0.2) is 0 Å². The van der Waals surface area contributed by atoms with Gasteiger partial charge in [-0.2, -0.15) is 0 Å². The zero-order valence-corrected chi connectivity index (χ0v) is 11.2. The lowest BCUT2D eigenvalue weighted by atomic mass is 10.1. The zero-order chi connectivity index (χ0) is 12.3. The van der Waals surface area contributed by atoms with Gasteiger partial charge < -0.3 is 10.4 Å². The molecule has 3 nitrogen and oxygen atoms in total. The summed E-state index contributed by atoms with van der Waals surface area (Å²) in [5.41, 5.74) is 0.905. The SMILES string of the molecule is Cc1csc(C(=O)N[C@H](CO)C(C)C)c1Cl. The molecule has 1 rings (SSSR count). The molecule has 0 fully saturated rings. The van der Waals surface area contributed by atoms with E-state index in [0.717, 1.165) is 5.56 Å². The Labute approximate surface area is 104 Å². The highest BCUT2D eigenvalue weighted by Gasteiger charge is 2.19. The molecular weight excluding hydrogens is 246 g/mol. The summed E-state index contributed by atoms with van der Waals surface area (Å²) in [6.07, 6.45) is 0. The van der Waals surface area contributed by atoms with Crippen molar-refractivity contribution in [1.29, 1.82) is 0 Å². The number of amides is 1. The van der Waals surface area contributed by atoms with E-state index in [0.29, 0.717) is 9.90 Å². The van der Waals surface area contributed by atoms with E-state index in [2.05, 4.69) is 5.32 Å². The van der Waals surface area contributed by atoms with Crippen LogP contribution >= 0.6 is 22.9 Å². The fourth-order valence-electron chi connectivity index (χ4n) is 1.24. The van der Waals surface area contributed by atoms with Crippen molar-refractivity contribution in [1.82, 2.24) is 5.32 Å². The summed E-state index contributed by atoms with van der Waals surface area (Å²) >= 11 is 7.32. The number of halogens is 1. The quantitative estimate of drug-likeness (QED) is 0.875. The maximum Gasteiger partial charge on any atom is 0.263 e. The summed E-state index contributed by atoms with van der Waals surface area (Å²) in [6.45, 7) is 5.69. The lowest BCUT2D eigenvalue weighted by molar-refractivity contribution is 0.0901. The fourth-order valence-corrected chi connectivity index (χ4v) is 2.42. The summed E-state index contributed by atoms with van der Waals surface area (Å²) in [5, 5.41) is 14.2. The molecule has 0 unspecified atom stereocenters. The maximum atomic E-state index is 11.9. The normalized spacial score (nSPS) is 12.9. The Morgan fingerprint density at radius 2 is 2.25 bits per heavy atom. The van der Waals surface area contributed by atoms with Gasteiger partial charge in [-0.1, -0.05) is 25.4 Å². The smallest absolute Gasteiger partial charge is 0.263 e. The van der Waals surface area contributed by atoms with Crippen LogP contribution in [0.5, 0.6) is 0 Å². The van der Waals surface area contributed by atoms with Gasteiger partial charge in [0.15, 0.2) is 0 Å². The molecule has 0 radical (unpaired) electrons. The number of thiophene rings is 1. The molecule has 0 aliphatic carbocycles. The van der Waals surface area contributed by atoms with Crippen LogP contribution in [-0.4, -0.2) is 23.7 Å². The average Bonchev–Trinajstić information content (AvgIpc) is 2.55. The van der Waals surface area contributed by atoms with Gasteiger partial charge in [0.2, 0.25) is 0 Å². The molecule has 0 aromatic carbocycles. The minimum absolute atomic E-state index is 0.0641. The third-order valence-corrected chi connectivity index (χ3v) is 4.12. The van der Waals surface area contributed by atoms with E-state index in [-0.39, 0.29) is 24.5 Å². The standard InChI is InChI=1S/C11H16ClNO2S/c1-6(2)8(4-14)13-11(15)10-9(12)7(3)5-16-10/h5-6,8,14H,4H2,1-3H3,(H,13,15)/t8-/m1/s1. The van der Waals surface area contributed by atoms with Gasteiger partial charge in [-0.3, -0.25) is 4.79 Å². The molecule has 0 aliphatic heterocycles. The summed E-state index contributed by atoms with van der Waals surface area (Å²) in [7, 11) is 0. The molecule has 1 aromatic rings. The molecule has 16 heavy (non-hydrogen) atoms. The van der Waals surface area contributed by atoms with E-state index in [1.165, 1.54) is 11.3 Å². The Balaban J connectivity index is 2.76. The van der Waals surface area contributed by atoms with E-state index in [4.69, 9.17) is 16.7 Å². The predicted octanol–water partition coefficient (Wildman–Crippen LogP) is 2.46. The van der Waals surface area contributed by atoms with Gasteiger partial charge in [0.25, 0.3) is 5.91 Å². The molecule has 2 N–H and O–H groups in total. The first-order chi connectivity index (χ1) is 7.47. The van der Waals surface area contributed by atoms with Crippen molar-refractivity contribution in [2.45, 2.75) is 26.8 Å². The maximum absolute atomic E-state index is 11.9. The van der Waals surface area contributed by atoms with E-state index in [1.807, 2.05) is 26.2 Å². The van der Waals surface area contributed by atoms with Crippen LogP contribution in [0.25, 0.3) is 0 Å². The van der Waals surface area contributed by atoms with Crippen molar-refractivity contribution in [2.75, 3.05) is 6.61 Å². The van der Waals surface area contributed by atoms with Crippen LogP contribution in [0.2, 0.25) is 5.02 Å². The summed E-state index contributed by atoms with van der Waals surface area (Å²) in [6, 6.07) is -0.231. The van der Waals surface area contributed by atoms with Crippen molar-refractivity contribution < 1.29 is 9.90 Å². The second-order valence-electron chi connectivity index (χ2n) is 4.07. The van der Waals surface area contributed by atoms with Gasteiger partial charge in [-0.15, -0.1) is 11.3 Å². The van der Waals surface area contributed by atoms with Crippen molar-refractivity contribution >= 4 is 28.8 Å². The molecule has 5 heteroatoms. The molecule has 0 bridgehead atoms. The third kappa shape index (κ3) is 2.97. The van der Waals surface area contributed by atoms with Gasteiger partial charge in [-0.05, 0) is 23.8 Å². The topological polar surface area (TPSA) is 49.3 Å². The molecule has 1 amide bonds. The number of carbonyl (C=O) groups excluding carboxylic acids is 1. The van der Waals surface area contributed by atoms with Crippen LogP contribution in [-0.2, 0) is 0 Å². The fraction of sp³-hybridized carbons (Fsp3) is 0.545. The van der Waals surface area contributed by atoms with E-state index in [1.54, 1.807) is 0 Å². The van der Waals surface area contributed by atoms with Crippen molar-refractivity contribution in [3.8, 4) is 0 Å². The number of aliphatic hydroxyl groups excluding tert-OH is 1. The van der Waals surface area contributed by atoms with Crippen molar-refractivity contribution in [3.05, 3.63) is 20.8 Å². The van der Waals surface area contributed by atoms with Crippen LogP contribution in [0.1, 0.15) is 29.1 Å². The van der Waals surface area contributed by atoms with E-state index >= 15 is 0 Å². The first-order valence-electron chi connectivity index (χ1n) is 5.12. The average molecular weight is 262 g/mol. The number of aliphatic hydroxyl groups is 1. The van der Waals surface area contributed by atoms with Gasteiger partial charge >= 0.3 is 0 Å². The molecule has 90 valence electrons. The lowest BCUT2D eigenvalue weighted by Crippen LogP contribution is -2.40. The highest BCUT2D eigenvalue weighted by Crippen LogP contribution is 2.27. The number of hydrogen-bond donors (Lipinski definition) is 2. The molecular formula is C11H16ClNO2S. The lowest BCUT2D eigenvalue weighted by Gasteiger charge is -2.19. The van der Waals surface area contributed by atoms with Crippen LogP contribution in [0.4, 0.5) is 0 Å². The highest BCUT2D eigenvalue weighted by atomic mass is 35.5. The molecule has 1 aromatic heterocycles. The molecule has 1 heterocycles. The number of rotatable bonds is 4. The molecule has 1 atom stereocenters. The number of aryl methyl sites for hydroxylation is 1. The van der Waals surface area contributed by atoms with Gasteiger partial charge in [0.05, 0.1) is 17.7 Å². The Morgan fingerprint density at radius 1 is 1.62 bits per heavy atom. The number of carbonyl (C=O) groups is 1. The van der Waals surface area contributed by atoms with E-state index in [9.17, 15) is 4.79 Å². The monoisotopic (exact) mass is 261 g/mol. The third-order valence-electron chi connectivity index (χ3n) is 2.42. The largest absolute Gasteiger partial charge is 0.394 e. The molecule has 0 saturated heterocycles. The zero-order valence-electron chi connectivity index (χ0n) is 9.58. The molecule has 0 spiro atoms. The summed E-state index contributed by atoms with van der Waals surface area (Å²) in [4.78, 5) is 12.4. The second kappa shape index (κ2) is 5.66. The Morgan fingerprint density at radius 3 is 2.62 bits per heavy atom. The second-order valence-corrected chi connectivity index (χ2v) is 5.33. The van der Waals surface area contributed by atoms with Crippen molar-refractivity contribution in [3.63, 3.8) is 0 Å². The number of hydrogen-bond acceptors (Lipinski definition) is 3. The Bertz CT molecular complexity index is 376. The van der Waals surface area contributed by atoms with Crippen LogP contribution < -0.4 is 5.32 Å². The minimum atomic E-state index is -0.231. The van der Waals surface area contributed by atoms with Crippen LogP contribution in [0, 0.1) is 12.8 Å². The molecule has 0 aliphatic rings. The number of nitrogens with one attached hydrogen (secondary N) is 1. The minimum Gasteiger partial charge on any atom is -0.394 e.